The van der Waals surface area contributed by atoms with Gasteiger partial charge in [0.15, 0.2) is 0 Å². The highest BCUT2D eigenvalue weighted by molar-refractivity contribution is 5.93. The third-order valence-electron chi connectivity index (χ3n) is 5.86. The molecule has 4 heteroatoms. The van der Waals surface area contributed by atoms with Crippen LogP contribution >= 0.6 is 0 Å². The Morgan fingerprint density at radius 3 is 2.54 bits per heavy atom. The minimum atomic E-state index is -0.344. The third kappa shape index (κ3) is 2.32. The van der Waals surface area contributed by atoms with Crippen LogP contribution in [0.25, 0.3) is 0 Å². The van der Waals surface area contributed by atoms with Gasteiger partial charge in [-0.15, -0.1) is 0 Å². The van der Waals surface area contributed by atoms with Gasteiger partial charge in [-0.25, -0.2) is 0 Å². The van der Waals surface area contributed by atoms with Crippen LogP contribution in [-0.2, 0) is 16.8 Å². The molecular formula is C20H23N3O. The summed E-state index contributed by atoms with van der Waals surface area (Å²) in [6.45, 7) is 2.35. The monoisotopic (exact) mass is 321 g/mol. The fraction of sp³-hybridized carbons (Fsp3) is 0.450. The first-order valence-corrected chi connectivity index (χ1v) is 8.78. The van der Waals surface area contributed by atoms with Gasteiger partial charge in [-0.3, -0.25) is 14.8 Å². The quantitative estimate of drug-likeness (QED) is 0.940. The number of aryl methyl sites for hydroxylation is 1. The van der Waals surface area contributed by atoms with Crippen LogP contribution in [0.4, 0.5) is 0 Å². The Morgan fingerprint density at radius 1 is 1.12 bits per heavy atom. The van der Waals surface area contributed by atoms with Crippen molar-refractivity contribution in [1.29, 1.82) is 0 Å². The van der Waals surface area contributed by atoms with Crippen LogP contribution in [0.15, 0.2) is 42.7 Å². The summed E-state index contributed by atoms with van der Waals surface area (Å²) in [4.78, 5) is 21.8. The summed E-state index contributed by atoms with van der Waals surface area (Å²) in [6.07, 6.45) is 9.28. The van der Waals surface area contributed by atoms with Crippen LogP contribution < -0.4 is 5.32 Å². The summed E-state index contributed by atoms with van der Waals surface area (Å²) in [5.74, 6) is 0.151. The molecule has 1 N–H and O–H groups in total. The summed E-state index contributed by atoms with van der Waals surface area (Å²) in [6, 6.07) is 10.3. The second-order valence-corrected chi connectivity index (χ2v) is 7.27. The number of nitrogens with one attached hydrogen (secondary N) is 1. The van der Waals surface area contributed by atoms with E-state index in [1.807, 2.05) is 25.1 Å². The molecule has 2 fully saturated rings. The van der Waals surface area contributed by atoms with E-state index < -0.39 is 0 Å². The molecule has 1 aromatic heterocycles. The van der Waals surface area contributed by atoms with Crippen molar-refractivity contribution in [3.63, 3.8) is 0 Å². The van der Waals surface area contributed by atoms with Crippen LogP contribution in [0.1, 0.15) is 49.1 Å². The third-order valence-corrected chi connectivity index (χ3v) is 5.86. The Hall–Kier alpha value is -2.23. The van der Waals surface area contributed by atoms with E-state index in [2.05, 4.69) is 27.4 Å². The molecule has 1 heterocycles. The van der Waals surface area contributed by atoms with Gasteiger partial charge in [0, 0.05) is 6.20 Å². The smallest absolute Gasteiger partial charge is 0.231 e. The Bertz CT molecular complexity index is 735. The van der Waals surface area contributed by atoms with E-state index >= 15 is 0 Å². The molecule has 1 aromatic carbocycles. The fourth-order valence-electron chi connectivity index (χ4n) is 4.53. The zero-order valence-electron chi connectivity index (χ0n) is 14.1. The molecule has 4 nitrogen and oxygen atoms in total. The number of aromatic nitrogens is 2. The molecule has 2 aliphatic carbocycles. The maximum absolute atomic E-state index is 13.2. The molecule has 4 rings (SSSR count). The molecule has 0 saturated heterocycles. The maximum atomic E-state index is 13.2. The SMILES string of the molecule is Cc1cnc(CNC(=O)C2(c3ccccc3)CC23CCCC3)cn1. The Morgan fingerprint density at radius 2 is 1.88 bits per heavy atom. The van der Waals surface area contributed by atoms with Gasteiger partial charge in [-0.05, 0) is 37.2 Å². The van der Waals surface area contributed by atoms with Crippen molar-refractivity contribution in [2.24, 2.45) is 5.41 Å². The highest BCUT2D eigenvalue weighted by Crippen LogP contribution is 2.72. The second kappa shape index (κ2) is 5.69. The van der Waals surface area contributed by atoms with Crippen molar-refractivity contribution in [2.45, 2.75) is 51.0 Å². The number of benzene rings is 1. The average Bonchev–Trinajstić information content (AvgIpc) is 3.03. The van der Waals surface area contributed by atoms with E-state index in [0.717, 1.165) is 17.8 Å². The van der Waals surface area contributed by atoms with Crippen LogP contribution in [-0.4, -0.2) is 15.9 Å². The van der Waals surface area contributed by atoms with Crippen LogP contribution in [0.5, 0.6) is 0 Å². The van der Waals surface area contributed by atoms with E-state index in [1.54, 1.807) is 12.4 Å². The van der Waals surface area contributed by atoms with Gasteiger partial charge in [0.05, 0.1) is 29.5 Å². The van der Waals surface area contributed by atoms with Gasteiger partial charge in [0.2, 0.25) is 5.91 Å². The lowest BCUT2D eigenvalue weighted by molar-refractivity contribution is -0.124. The number of rotatable bonds is 4. The van der Waals surface area contributed by atoms with Crippen molar-refractivity contribution in [1.82, 2.24) is 15.3 Å². The lowest BCUT2D eigenvalue weighted by Crippen LogP contribution is -2.38. The number of carbonyl (C=O) groups is 1. The Balaban J connectivity index is 1.56. The predicted molar refractivity (Wildman–Crippen MR) is 92.3 cm³/mol. The largest absolute Gasteiger partial charge is 0.350 e. The molecular weight excluding hydrogens is 298 g/mol. The first-order valence-electron chi connectivity index (χ1n) is 8.78. The van der Waals surface area contributed by atoms with Gasteiger partial charge >= 0.3 is 0 Å². The molecule has 0 bridgehead atoms. The molecule has 24 heavy (non-hydrogen) atoms. The van der Waals surface area contributed by atoms with E-state index in [9.17, 15) is 4.79 Å². The summed E-state index contributed by atoms with van der Waals surface area (Å²) >= 11 is 0. The molecule has 0 aliphatic heterocycles. The zero-order chi connectivity index (χ0) is 16.6. The summed E-state index contributed by atoms with van der Waals surface area (Å²) < 4.78 is 0. The number of hydrogen-bond acceptors (Lipinski definition) is 3. The summed E-state index contributed by atoms with van der Waals surface area (Å²) in [5, 5.41) is 3.13. The van der Waals surface area contributed by atoms with Crippen molar-refractivity contribution in [3.8, 4) is 0 Å². The van der Waals surface area contributed by atoms with E-state index in [4.69, 9.17) is 0 Å². The van der Waals surface area contributed by atoms with E-state index in [1.165, 1.54) is 31.2 Å². The fourth-order valence-corrected chi connectivity index (χ4v) is 4.53. The first kappa shape index (κ1) is 15.3. The molecule has 2 aliphatic rings. The summed E-state index contributed by atoms with van der Waals surface area (Å²) in [7, 11) is 0. The number of amides is 1. The topological polar surface area (TPSA) is 54.9 Å². The lowest BCUT2D eigenvalue weighted by atomic mass is 9.84. The Kier molecular flexibility index (Phi) is 3.63. The molecule has 2 saturated carbocycles. The summed E-state index contributed by atoms with van der Waals surface area (Å²) in [5.41, 5.74) is 2.69. The standard InChI is InChI=1S/C20H23N3O/c1-15-11-22-17(12-21-15)13-23-18(24)20(16-7-3-2-4-8-16)14-19(20)9-5-6-10-19/h2-4,7-8,11-12H,5-6,9-10,13-14H2,1H3,(H,23,24). The zero-order valence-corrected chi connectivity index (χ0v) is 14.1. The first-order chi connectivity index (χ1) is 11.7. The highest BCUT2D eigenvalue weighted by atomic mass is 16.2. The molecule has 1 amide bonds. The molecule has 1 atom stereocenters. The normalized spacial score (nSPS) is 24.0. The van der Waals surface area contributed by atoms with Crippen molar-refractivity contribution < 1.29 is 4.79 Å². The van der Waals surface area contributed by atoms with E-state index in [-0.39, 0.29) is 16.7 Å². The number of carbonyl (C=O) groups excluding carboxylic acids is 1. The lowest BCUT2D eigenvalue weighted by Gasteiger charge is -2.22. The minimum absolute atomic E-state index is 0.151. The van der Waals surface area contributed by atoms with Crippen molar-refractivity contribution >= 4 is 5.91 Å². The van der Waals surface area contributed by atoms with Crippen LogP contribution in [0.3, 0.4) is 0 Å². The van der Waals surface area contributed by atoms with Crippen LogP contribution in [0.2, 0.25) is 0 Å². The van der Waals surface area contributed by atoms with Crippen molar-refractivity contribution in [3.05, 3.63) is 59.7 Å². The number of nitrogens with zero attached hydrogens (tertiary/aromatic N) is 2. The van der Waals surface area contributed by atoms with Gasteiger partial charge in [0.1, 0.15) is 0 Å². The van der Waals surface area contributed by atoms with E-state index in [0.29, 0.717) is 6.54 Å². The highest BCUT2D eigenvalue weighted by Gasteiger charge is 2.72. The molecule has 0 radical (unpaired) electrons. The van der Waals surface area contributed by atoms with Crippen molar-refractivity contribution in [2.75, 3.05) is 0 Å². The maximum Gasteiger partial charge on any atom is 0.231 e. The minimum Gasteiger partial charge on any atom is -0.350 e. The van der Waals surface area contributed by atoms with Gasteiger partial charge < -0.3 is 5.32 Å². The van der Waals surface area contributed by atoms with Gasteiger partial charge in [-0.2, -0.15) is 0 Å². The molecule has 1 unspecified atom stereocenters. The number of hydrogen-bond donors (Lipinski definition) is 1. The molecule has 124 valence electrons. The van der Waals surface area contributed by atoms with Crippen LogP contribution in [0, 0.1) is 12.3 Å². The average molecular weight is 321 g/mol. The van der Waals surface area contributed by atoms with Gasteiger partial charge in [-0.1, -0.05) is 43.2 Å². The predicted octanol–water partition coefficient (Wildman–Crippen LogP) is 3.30. The molecule has 1 spiro atoms. The Labute approximate surface area is 142 Å². The molecule has 2 aromatic rings. The van der Waals surface area contributed by atoms with Gasteiger partial charge in [0.25, 0.3) is 0 Å². The second-order valence-electron chi connectivity index (χ2n) is 7.27.